The lowest BCUT2D eigenvalue weighted by molar-refractivity contribution is -0.176. The molecule has 0 bridgehead atoms. The molecule has 1 saturated heterocycles. The Balaban J connectivity index is 1.30. The highest BCUT2D eigenvalue weighted by molar-refractivity contribution is 8.15. The molecule has 17 heteroatoms. The number of urea groups is 1. The Morgan fingerprint density at radius 2 is 1.78 bits per heavy atom. The molecule has 240 valence electrons. The van der Waals surface area contributed by atoms with E-state index in [0.717, 1.165) is 34.9 Å². The molecule has 1 N–H and O–H groups in total. The molecule has 0 radical (unpaired) electrons. The molecule has 5 rings (SSSR count). The lowest BCUT2D eigenvalue weighted by atomic mass is 10.1. The van der Waals surface area contributed by atoms with E-state index in [9.17, 15) is 35.9 Å². The maximum absolute atomic E-state index is 15.0. The second-order valence-corrected chi connectivity index (χ2v) is 10.8. The van der Waals surface area contributed by atoms with Gasteiger partial charge in [-0.1, -0.05) is 23.9 Å². The fourth-order valence-corrected chi connectivity index (χ4v) is 5.13. The number of amidine groups is 1. The maximum Gasteiger partial charge on any atom is 0.416 e. The Morgan fingerprint density at radius 3 is 2.46 bits per heavy atom. The number of aromatic nitrogens is 3. The van der Waals surface area contributed by atoms with Gasteiger partial charge in [-0.2, -0.15) is 31.3 Å². The number of nitrogens with one attached hydrogen (secondary N) is 1. The lowest BCUT2D eigenvalue weighted by Gasteiger charge is -2.21. The topological polar surface area (TPSA) is 102 Å². The quantitative estimate of drug-likeness (QED) is 0.210. The van der Waals surface area contributed by atoms with Crippen LogP contribution in [-0.4, -0.2) is 50.4 Å². The van der Waals surface area contributed by atoms with Gasteiger partial charge in [-0.05, 0) is 61.0 Å². The predicted molar refractivity (Wildman–Crippen MR) is 155 cm³/mol. The molecule has 3 aromatic carbocycles. The van der Waals surface area contributed by atoms with Gasteiger partial charge >= 0.3 is 18.4 Å². The molecule has 1 aromatic heterocycles. The van der Waals surface area contributed by atoms with Crippen molar-refractivity contribution in [3.63, 3.8) is 0 Å². The van der Waals surface area contributed by atoms with Gasteiger partial charge in [0.1, 0.15) is 18.8 Å². The summed E-state index contributed by atoms with van der Waals surface area (Å²) >= 11 is 0.918. The zero-order valence-corrected chi connectivity index (χ0v) is 24.3. The van der Waals surface area contributed by atoms with Gasteiger partial charge in [-0.3, -0.25) is 9.69 Å². The van der Waals surface area contributed by atoms with Gasteiger partial charge in [0.25, 0.3) is 0 Å². The molecule has 0 atom stereocenters. The molecule has 1 aliphatic heterocycles. The molecule has 2 heterocycles. The summed E-state index contributed by atoms with van der Waals surface area (Å²) in [5.74, 6) is -1.40. The third-order valence-electron chi connectivity index (χ3n) is 6.39. The van der Waals surface area contributed by atoms with Crippen LogP contribution < -0.4 is 10.2 Å². The van der Waals surface area contributed by atoms with Crippen LogP contribution in [0, 0.1) is 12.7 Å². The number of hydrogen-bond donors (Lipinski definition) is 1. The first-order valence-corrected chi connectivity index (χ1v) is 14.2. The zero-order valence-electron chi connectivity index (χ0n) is 23.5. The highest BCUT2D eigenvalue weighted by atomic mass is 32.2. The van der Waals surface area contributed by atoms with E-state index in [1.165, 1.54) is 41.3 Å². The van der Waals surface area contributed by atoms with Crippen LogP contribution in [0.15, 0.2) is 72.0 Å². The Kier molecular flexibility index (Phi) is 9.16. The summed E-state index contributed by atoms with van der Waals surface area (Å²) in [5.41, 5.74) is 0.537. The summed E-state index contributed by atoms with van der Waals surface area (Å²) in [6.07, 6.45) is -7.80. The van der Waals surface area contributed by atoms with Crippen LogP contribution in [-0.2, 0) is 22.3 Å². The largest absolute Gasteiger partial charge is 0.416 e. The van der Waals surface area contributed by atoms with E-state index in [0.29, 0.717) is 11.3 Å². The van der Waals surface area contributed by atoms with E-state index < -0.39 is 48.9 Å². The second-order valence-electron chi connectivity index (χ2n) is 9.83. The van der Waals surface area contributed by atoms with Gasteiger partial charge in [0.15, 0.2) is 11.0 Å². The number of thioether (sulfide) groups is 1. The molecule has 0 unspecified atom stereocenters. The van der Waals surface area contributed by atoms with E-state index in [4.69, 9.17) is 4.74 Å². The third kappa shape index (κ3) is 7.71. The number of benzene rings is 3. The van der Waals surface area contributed by atoms with Crippen LogP contribution in [0.5, 0.6) is 0 Å². The van der Waals surface area contributed by atoms with Gasteiger partial charge < -0.3 is 10.1 Å². The number of ether oxygens (including phenoxy) is 1. The maximum atomic E-state index is 15.0. The summed E-state index contributed by atoms with van der Waals surface area (Å²) in [6.45, 7) is -0.242. The van der Waals surface area contributed by atoms with Gasteiger partial charge in [0, 0.05) is 11.1 Å². The Morgan fingerprint density at radius 1 is 1.04 bits per heavy atom. The highest BCUT2D eigenvalue weighted by Crippen LogP contribution is 2.32. The molecular formula is C29H21F7N6O3S. The first kappa shape index (κ1) is 32.6. The first-order chi connectivity index (χ1) is 21.7. The van der Waals surface area contributed by atoms with Crippen molar-refractivity contribution in [2.24, 2.45) is 4.99 Å². The summed E-state index contributed by atoms with van der Waals surface area (Å²) in [5, 5.41) is 6.39. The van der Waals surface area contributed by atoms with Crippen molar-refractivity contribution in [1.82, 2.24) is 14.8 Å². The average Bonchev–Trinajstić information content (AvgIpc) is 3.61. The molecular weight excluding hydrogens is 645 g/mol. The van der Waals surface area contributed by atoms with Crippen LogP contribution in [0.3, 0.4) is 0 Å². The standard InChI is InChI=1S/C29H21F7N6O3S/c1-16-2-3-18(12-45-14-28(31,32)33)23(10-16)42-24(43)13-46-27(42)39-26(44)38-22-9-4-17(11-21(22)30)25-37-15-41(40-25)20-7-5-19(6-8-20)29(34,35)36/h2-11,15H,12-14H2,1H3,(H,38,44)/b39-27-. The number of amides is 3. The van der Waals surface area contributed by atoms with Crippen molar-refractivity contribution in [1.29, 1.82) is 0 Å². The minimum atomic E-state index is -4.55. The van der Waals surface area contributed by atoms with E-state index in [-0.39, 0.29) is 39.2 Å². The van der Waals surface area contributed by atoms with Crippen molar-refractivity contribution in [2.75, 3.05) is 22.6 Å². The van der Waals surface area contributed by atoms with E-state index in [2.05, 4.69) is 20.4 Å². The van der Waals surface area contributed by atoms with Crippen molar-refractivity contribution in [3.8, 4) is 17.1 Å². The van der Waals surface area contributed by atoms with Crippen LogP contribution in [0.2, 0.25) is 0 Å². The summed E-state index contributed by atoms with van der Waals surface area (Å²) in [7, 11) is 0. The fourth-order valence-electron chi connectivity index (χ4n) is 4.27. The average molecular weight is 667 g/mol. The summed E-state index contributed by atoms with van der Waals surface area (Å²) in [4.78, 5) is 34.6. The van der Waals surface area contributed by atoms with E-state index in [1.807, 2.05) is 0 Å². The van der Waals surface area contributed by atoms with Gasteiger partial charge in [-0.25, -0.2) is 18.9 Å². The molecule has 0 spiro atoms. The number of nitrogens with zero attached hydrogens (tertiary/aromatic N) is 5. The molecule has 4 aromatic rings. The fraction of sp³-hybridized carbons (Fsp3) is 0.207. The number of hydrogen-bond acceptors (Lipinski definition) is 6. The number of carbonyl (C=O) groups is 2. The Labute approximate surface area is 260 Å². The van der Waals surface area contributed by atoms with Gasteiger partial charge in [-0.15, -0.1) is 5.10 Å². The normalized spacial score (nSPS) is 14.7. The van der Waals surface area contributed by atoms with Crippen LogP contribution in [0.4, 0.5) is 46.9 Å². The summed E-state index contributed by atoms with van der Waals surface area (Å²) in [6, 6.07) is 11.5. The van der Waals surface area contributed by atoms with Crippen molar-refractivity contribution >= 4 is 40.2 Å². The second kappa shape index (κ2) is 12.9. The van der Waals surface area contributed by atoms with Crippen LogP contribution in [0.1, 0.15) is 16.7 Å². The number of aryl methyl sites for hydroxylation is 1. The number of aliphatic imine (C=N–C) groups is 1. The number of rotatable bonds is 7. The first-order valence-electron chi connectivity index (χ1n) is 13.2. The molecule has 1 aliphatic rings. The van der Waals surface area contributed by atoms with E-state index >= 15 is 4.39 Å². The summed E-state index contributed by atoms with van der Waals surface area (Å²) < 4.78 is 97.3. The monoisotopic (exact) mass is 666 g/mol. The van der Waals surface area contributed by atoms with Gasteiger partial charge in [0.05, 0.1) is 35.0 Å². The Hall–Kier alpha value is -4.77. The Bertz CT molecular complexity index is 1810. The highest BCUT2D eigenvalue weighted by Gasteiger charge is 2.33. The number of alkyl halides is 6. The lowest BCUT2D eigenvalue weighted by Crippen LogP contribution is -2.31. The molecule has 0 aliphatic carbocycles. The molecule has 1 fully saturated rings. The number of carbonyl (C=O) groups excluding carboxylic acids is 2. The molecule has 0 saturated carbocycles. The SMILES string of the molecule is Cc1ccc(COCC(F)(F)F)c(N2C(=O)CS/C2=N\C(=O)Nc2ccc(-c3ncn(-c4ccc(C(F)(F)F)cc4)n3)cc2F)c1. The zero-order chi connectivity index (χ0) is 33.2. The smallest absolute Gasteiger partial charge is 0.367 e. The third-order valence-corrected chi connectivity index (χ3v) is 7.31. The minimum absolute atomic E-state index is 0.0570. The molecule has 46 heavy (non-hydrogen) atoms. The molecule has 9 nitrogen and oxygen atoms in total. The van der Waals surface area contributed by atoms with Gasteiger partial charge in [0.2, 0.25) is 5.91 Å². The van der Waals surface area contributed by atoms with Crippen molar-refractivity contribution < 1.29 is 45.1 Å². The van der Waals surface area contributed by atoms with Crippen molar-refractivity contribution in [2.45, 2.75) is 25.9 Å². The van der Waals surface area contributed by atoms with E-state index in [1.54, 1.807) is 19.1 Å². The van der Waals surface area contributed by atoms with Crippen LogP contribution in [0.25, 0.3) is 17.1 Å². The predicted octanol–water partition coefficient (Wildman–Crippen LogP) is 7.15. The minimum Gasteiger partial charge on any atom is -0.367 e. The number of anilines is 2. The van der Waals surface area contributed by atoms with Crippen molar-refractivity contribution in [3.05, 3.63) is 89.5 Å². The van der Waals surface area contributed by atoms with Crippen LogP contribution >= 0.6 is 11.8 Å². The number of halogens is 7. The molecule has 3 amide bonds.